The molecule has 0 heterocycles. The van der Waals surface area contributed by atoms with Crippen molar-refractivity contribution in [1.82, 2.24) is 0 Å². The summed E-state index contributed by atoms with van der Waals surface area (Å²) in [5.41, 5.74) is 4.49. The van der Waals surface area contributed by atoms with Gasteiger partial charge in [0.15, 0.2) is 0 Å². The molecule has 0 saturated carbocycles. The minimum Gasteiger partial charge on any atom is -0.427 e. The van der Waals surface area contributed by atoms with Crippen LogP contribution in [0.3, 0.4) is 0 Å². The number of rotatable bonds is 9. The van der Waals surface area contributed by atoms with Crippen molar-refractivity contribution in [2.24, 2.45) is 0 Å². The average molecular weight is 546 g/mol. The summed E-state index contributed by atoms with van der Waals surface area (Å²) in [6.07, 6.45) is 9.04. The molecule has 0 rings (SSSR count). The van der Waals surface area contributed by atoms with Gasteiger partial charge in [0.2, 0.25) is 0 Å². The van der Waals surface area contributed by atoms with Crippen molar-refractivity contribution in [3.63, 3.8) is 0 Å². The van der Waals surface area contributed by atoms with Crippen LogP contribution in [-0.2, 0) is 0 Å². The largest absolute Gasteiger partial charge is 1.00 e. The third kappa shape index (κ3) is 86.3. The Kier molecular flexibility index (Phi) is 42.6. The second-order valence-electron chi connectivity index (χ2n) is 13.0. The second-order valence-corrected chi connectivity index (χ2v) is 34.3. The molecule has 0 unspecified atom stereocenters. The molecule has 0 spiro atoms. The van der Waals surface area contributed by atoms with Gasteiger partial charge in [0.1, 0.15) is 0 Å². The van der Waals surface area contributed by atoms with Crippen LogP contribution in [0.15, 0.2) is 36.2 Å². The standard InChI is InChI=1S/C7H16Si.C6H15BO2Si.C6H16Si.C6H14Si.CH3.2Li/c1-5-6-7-8(2,3)4;1-10(2,3)6-4-5-7(8)9;2*1-5-6-7(2,3)4;;;/h6-7H,5H2,1-4H3;4,6,8-9H,5H2,1-3H3;5-6H2,1-4H3;5H,1,6H2,2-4H3;1H3;;/q;;;;-1;2*+1. The molecule has 0 radical (unpaired) electrons. The van der Waals surface area contributed by atoms with Crippen molar-refractivity contribution in [1.29, 1.82) is 0 Å². The number of hydrogen-bond acceptors (Lipinski definition) is 2. The van der Waals surface area contributed by atoms with E-state index in [1.54, 1.807) is 0 Å². The normalized spacial score (nSPS) is 11.2. The summed E-state index contributed by atoms with van der Waals surface area (Å²) in [5, 5.41) is 16.9. The van der Waals surface area contributed by atoms with Crippen LogP contribution < -0.4 is 37.7 Å². The van der Waals surface area contributed by atoms with Crippen LogP contribution in [0.4, 0.5) is 0 Å². The fourth-order valence-electron chi connectivity index (χ4n) is 2.20. The molecule has 2 nitrogen and oxygen atoms in total. The van der Waals surface area contributed by atoms with E-state index in [-0.39, 0.29) is 45.1 Å². The zero-order valence-corrected chi connectivity index (χ0v) is 31.6. The molecule has 0 aliphatic carbocycles. The maximum Gasteiger partial charge on any atom is 1.00 e. The molecule has 0 fully saturated rings. The summed E-state index contributed by atoms with van der Waals surface area (Å²) in [6.45, 7) is 36.0. The molecule has 0 bridgehead atoms. The van der Waals surface area contributed by atoms with Gasteiger partial charge in [-0.3, -0.25) is 0 Å². The van der Waals surface area contributed by atoms with Crippen LogP contribution in [0.1, 0.15) is 26.7 Å². The van der Waals surface area contributed by atoms with E-state index in [2.05, 4.69) is 116 Å². The first-order chi connectivity index (χ1) is 14.1. The van der Waals surface area contributed by atoms with E-state index in [1.165, 1.54) is 24.9 Å². The minimum absolute atomic E-state index is 0. The van der Waals surface area contributed by atoms with Crippen molar-refractivity contribution in [2.75, 3.05) is 0 Å². The van der Waals surface area contributed by atoms with Gasteiger partial charge in [0.25, 0.3) is 0 Å². The van der Waals surface area contributed by atoms with Gasteiger partial charge < -0.3 is 17.5 Å². The Bertz CT molecular complexity index is 490. The molecule has 200 valence electrons. The zero-order chi connectivity index (χ0) is 26.6. The Morgan fingerprint density at radius 2 is 1.06 bits per heavy atom. The first kappa shape index (κ1) is 52.7. The molecule has 0 aromatic heterocycles. The monoisotopic (exact) mass is 545 g/mol. The Hall–Kier alpha value is 1.27. The van der Waals surface area contributed by atoms with Gasteiger partial charge in [0, 0.05) is 16.1 Å². The van der Waals surface area contributed by atoms with E-state index in [0.29, 0.717) is 6.32 Å². The van der Waals surface area contributed by atoms with Crippen molar-refractivity contribution < 1.29 is 47.8 Å². The molecule has 0 aromatic rings. The fraction of sp³-hybridized carbons (Fsp3) is 0.731. The predicted molar refractivity (Wildman–Crippen MR) is 173 cm³/mol. The van der Waals surface area contributed by atoms with Gasteiger partial charge in [0.05, 0.1) is 16.1 Å². The number of allylic oxidation sites excluding steroid dienone is 3. The van der Waals surface area contributed by atoms with Crippen molar-refractivity contribution >= 4 is 39.4 Å². The van der Waals surface area contributed by atoms with Gasteiger partial charge in [-0.1, -0.05) is 135 Å². The molecule has 35 heavy (non-hydrogen) atoms. The van der Waals surface area contributed by atoms with Gasteiger partial charge in [-0.15, -0.1) is 6.58 Å². The molecule has 0 atom stereocenters. The third-order valence-electron chi connectivity index (χ3n) is 3.58. The molecule has 0 aromatic carbocycles. The van der Waals surface area contributed by atoms with Crippen LogP contribution in [-0.4, -0.2) is 49.5 Å². The summed E-state index contributed by atoms with van der Waals surface area (Å²) in [6, 6.07) is 2.72. The molecule has 9 heteroatoms. The Morgan fingerprint density at radius 3 is 1.17 bits per heavy atom. The molecule has 0 saturated heterocycles. The molecular formula is C26H64BLi2O2Si4+. The van der Waals surface area contributed by atoms with E-state index < -0.39 is 39.4 Å². The van der Waals surface area contributed by atoms with Gasteiger partial charge in [-0.2, -0.15) is 0 Å². The van der Waals surface area contributed by atoms with E-state index in [1.807, 2.05) is 12.2 Å². The van der Waals surface area contributed by atoms with E-state index in [0.717, 1.165) is 0 Å². The zero-order valence-electron chi connectivity index (χ0n) is 27.6. The summed E-state index contributed by atoms with van der Waals surface area (Å²) in [5.74, 6) is 0. The predicted octanol–water partition coefficient (Wildman–Crippen LogP) is 3.43. The first-order valence-corrected chi connectivity index (χ1v) is 27.0. The van der Waals surface area contributed by atoms with Crippen molar-refractivity contribution in [2.45, 2.75) is 124 Å². The number of hydrogen-bond donors (Lipinski definition) is 2. The smallest absolute Gasteiger partial charge is 0.427 e. The Balaban J connectivity index is -0.0000000587. The maximum atomic E-state index is 8.47. The summed E-state index contributed by atoms with van der Waals surface area (Å²) in [7, 11) is -4.61. The van der Waals surface area contributed by atoms with Gasteiger partial charge in [-0.05, 0) is 18.8 Å². The minimum atomic E-state index is -1.19. The SMILES string of the molecule is C=CC[Si](C)(C)C.CCC=C[Si](C)(C)C.CCC[Si](C)(C)C.C[Si](C)(C)C=CCB(O)O.[CH3-].[Li+].[Li+]. The van der Waals surface area contributed by atoms with Crippen LogP contribution in [0.25, 0.3) is 0 Å². The Labute approximate surface area is 252 Å². The molecule has 0 aliphatic rings. The topological polar surface area (TPSA) is 40.5 Å². The molecule has 2 N–H and O–H groups in total. The summed E-state index contributed by atoms with van der Waals surface area (Å²) in [4.78, 5) is 0. The van der Waals surface area contributed by atoms with Gasteiger partial charge in [-0.25, -0.2) is 0 Å². The van der Waals surface area contributed by atoms with Crippen LogP contribution in [0, 0.1) is 7.43 Å². The van der Waals surface area contributed by atoms with Crippen molar-refractivity contribution in [3.05, 3.63) is 43.6 Å². The van der Waals surface area contributed by atoms with Crippen LogP contribution in [0.5, 0.6) is 0 Å². The molecule has 0 amide bonds. The maximum absolute atomic E-state index is 8.47. The van der Waals surface area contributed by atoms with Crippen LogP contribution in [0.2, 0.25) is 97.0 Å². The van der Waals surface area contributed by atoms with Crippen LogP contribution >= 0.6 is 0 Å². The molecular weight excluding hydrogens is 481 g/mol. The summed E-state index contributed by atoms with van der Waals surface area (Å²) < 4.78 is 0. The quantitative estimate of drug-likeness (QED) is 0.265. The first-order valence-electron chi connectivity index (χ1n) is 12.4. The summed E-state index contributed by atoms with van der Waals surface area (Å²) >= 11 is 0. The Morgan fingerprint density at radius 1 is 0.686 bits per heavy atom. The van der Waals surface area contributed by atoms with E-state index in [4.69, 9.17) is 10.0 Å². The van der Waals surface area contributed by atoms with Gasteiger partial charge >= 0.3 is 44.8 Å². The fourth-order valence-corrected chi connectivity index (χ4v) is 6.35. The van der Waals surface area contributed by atoms with E-state index in [9.17, 15) is 0 Å². The molecule has 0 aliphatic heterocycles. The van der Waals surface area contributed by atoms with Crippen molar-refractivity contribution in [3.8, 4) is 0 Å². The van der Waals surface area contributed by atoms with E-state index >= 15 is 0 Å². The average Bonchev–Trinajstić information content (AvgIpc) is 2.50. The third-order valence-corrected chi connectivity index (χ3v) is 9.56. The second kappa shape index (κ2) is 28.3.